The number of nitrogens with one attached hydrogen (secondary N) is 2. The number of thiazole rings is 1. The minimum atomic E-state index is -3.50. The molecule has 2 N–H and O–H groups in total. The highest BCUT2D eigenvalue weighted by Crippen LogP contribution is 2.26. The molecule has 1 aliphatic rings. The summed E-state index contributed by atoms with van der Waals surface area (Å²) in [5, 5.41) is 0. The second-order valence-electron chi connectivity index (χ2n) is 4.08. The molecule has 0 radical (unpaired) electrons. The van der Waals surface area contributed by atoms with Crippen LogP contribution in [0.1, 0.15) is 25.0 Å². The first-order valence-corrected chi connectivity index (χ1v) is 7.48. The van der Waals surface area contributed by atoms with Gasteiger partial charge in [-0.3, -0.25) is 4.79 Å². The Kier molecular flexibility index (Phi) is 3.18. The summed E-state index contributed by atoms with van der Waals surface area (Å²) in [6, 6.07) is 0. The molecule has 7 heteroatoms. The number of aromatic amines is 1. The molecule has 0 aliphatic heterocycles. The van der Waals surface area contributed by atoms with E-state index in [1.165, 1.54) is 6.42 Å². The van der Waals surface area contributed by atoms with Crippen LogP contribution in [0.25, 0.3) is 0 Å². The van der Waals surface area contributed by atoms with Crippen LogP contribution in [0.3, 0.4) is 0 Å². The Bertz CT molecular complexity index is 525. The maximum absolute atomic E-state index is 11.9. The number of rotatable bonds is 4. The van der Waals surface area contributed by atoms with Crippen LogP contribution in [-0.2, 0) is 10.0 Å². The minimum Gasteiger partial charge on any atom is -0.315 e. The third kappa shape index (κ3) is 2.36. The van der Waals surface area contributed by atoms with Crippen molar-refractivity contribution in [3.63, 3.8) is 0 Å². The van der Waals surface area contributed by atoms with Crippen LogP contribution in [0.2, 0.25) is 0 Å². The number of hydrogen-bond donors (Lipinski definition) is 2. The molecule has 16 heavy (non-hydrogen) atoms. The van der Waals surface area contributed by atoms with Gasteiger partial charge < -0.3 is 4.98 Å². The van der Waals surface area contributed by atoms with Gasteiger partial charge in [0.25, 0.3) is 10.0 Å². The number of H-pyrrole nitrogens is 1. The quantitative estimate of drug-likeness (QED) is 0.843. The normalized spacial score (nSPS) is 17.3. The average Bonchev–Trinajstić information content (AvgIpc) is 2.43. The molecule has 0 amide bonds. The zero-order valence-electron chi connectivity index (χ0n) is 8.95. The molecule has 0 bridgehead atoms. The van der Waals surface area contributed by atoms with E-state index in [2.05, 4.69) is 9.71 Å². The molecule has 0 atom stereocenters. The zero-order chi connectivity index (χ0) is 11.8. The van der Waals surface area contributed by atoms with Crippen LogP contribution >= 0.6 is 11.3 Å². The van der Waals surface area contributed by atoms with E-state index < -0.39 is 10.0 Å². The molecule has 1 aromatic heterocycles. The van der Waals surface area contributed by atoms with E-state index in [4.69, 9.17) is 0 Å². The number of sulfonamides is 1. The lowest BCUT2D eigenvalue weighted by Gasteiger charge is -2.25. The first kappa shape index (κ1) is 11.8. The van der Waals surface area contributed by atoms with Crippen LogP contribution < -0.4 is 9.60 Å². The van der Waals surface area contributed by atoms with Crippen LogP contribution in [0.4, 0.5) is 0 Å². The maximum atomic E-state index is 11.9. The summed E-state index contributed by atoms with van der Waals surface area (Å²) in [5.74, 6) is 0.464. The lowest BCUT2D eigenvalue weighted by atomic mass is 9.86. The van der Waals surface area contributed by atoms with Crippen molar-refractivity contribution in [1.82, 2.24) is 9.71 Å². The molecule has 1 heterocycles. The third-order valence-electron chi connectivity index (χ3n) is 2.81. The largest absolute Gasteiger partial charge is 0.315 e. The maximum Gasteiger partial charge on any atom is 0.305 e. The van der Waals surface area contributed by atoms with Crippen molar-refractivity contribution >= 4 is 21.4 Å². The first-order chi connectivity index (χ1) is 7.49. The van der Waals surface area contributed by atoms with E-state index in [0.29, 0.717) is 18.2 Å². The predicted molar refractivity (Wildman–Crippen MR) is 62.2 cm³/mol. The fraction of sp³-hybridized carbons (Fsp3) is 0.667. The molecule has 0 saturated heterocycles. The predicted octanol–water partition coefficient (Wildman–Crippen LogP) is 0.823. The smallest absolute Gasteiger partial charge is 0.305 e. The summed E-state index contributed by atoms with van der Waals surface area (Å²) in [5.41, 5.74) is 0.413. The molecule has 90 valence electrons. The summed E-state index contributed by atoms with van der Waals surface area (Å²) in [6.07, 6.45) is 3.36. The fourth-order valence-electron chi connectivity index (χ4n) is 1.64. The van der Waals surface area contributed by atoms with E-state index in [0.717, 1.165) is 24.2 Å². The highest BCUT2D eigenvalue weighted by Gasteiger charge is 2.24. The van der Waals surface area contributed by atoms with Gasteiger partial charge in [-0.05, 0) is 25.7 Å². The summed E-state index contributed by atoms with van der Waals surface area (Å²) in [4.78, 5) is 13.2. The number of hydrogen-bond acceptors (Lipinski definition) is 4. The first-order valence-electron chi connectivity index (χ1n) is 5.18. The molecule has 0 aromatic carbocycles. The Morgan fingerprint density at radius 3 is 2.62 bits per heavy atom. The summed E-state index contributed by atoms with van der Waals surface area (Å²) < 4.78 is 26.4. The van der Waals surface area contributed by atoms with Gasteiger partial charge in [-0.2, -0.15) is 0 Å². The Morgan fingerprint density at radius 2 is 2.19 bits per heavy atom. The third-order valence-corrected chi connectivity index (χ3v) is 5.84. The molecule has 0 unspecified atom stereocenters. The monoisotopic (exact) mass is 262 g/mol. The second-order valence-corrected chi connectivity index (χ2v) is 7.02. The molecule has 1 fully saturated rings. The fourth-order valence-corrected chi connectivity index (χ4v) is 4.10. The Labute approximate surface area is 97.9 Å². The van der Waals surface area contributed by atoms with Crippen molar-refractivity contribution in [2.75, 3.05) is 6.54 Å². The van der Waals surface area contributed by atoms with E-state index in [9.17, 15) is 13.2 Å². The van der Waals surface area contributed by atoms with Crippen LogP contribution in [0.15, 0.2) is 9.00 Å². The summed E-state index contributed by atoms with van der Waals surface area (Å²) >= 11 is 0.737. The standard InChI is InChI=1S/C9H14N2O3S2/c1-6-8(15-9(12)11-6)16(13,14)10-5-7-3-2-4-7/h7,10H,2-5H2,1H3,(H,11,12). The van der Waals surface area contributed by atoms with Gasteiger partial charge in [0.15, 0.2) is 4.21 Å². The Morgan fingerprint density at radius 1 is 1.50 bits per heavy atom. The Balaban J connectivity index is 2.11. The van der Waals surface area contributed by atoms with Crippen molar-refractivity contribution in [3.8, 4) is 0 Å². The molecular formula is C9H14N2O3S2. The van der Waals surface area contributed by atoms with Gasteiger partial charge in [0, 0.05) is 12.2 Å². The molecule has 0 spiro atoms. The SMILES string of the molecule is Cc1[nH]c(=O)sc1S(=O)(=O)NCC1CCC1. The van der Waals surface area contributed by atoms with Gasteiger partial charge in [-0.15, -0.1) is 0 Å². The molecule has 1 aliphatic carbocycles. The van der Waals surface area contributed by atoms with Crippen molar-refractivity contribution in [3.05, 3.63) is 15.4 Å². The van der Waals surface area contributed by atoms with Gasteiger partial charge in [-0.25, -0.2) is 13.1 Å². The summed E-state index contributed by atoms with van der Waals surface area (Å²) in [6.45, 7) is 2.07. The van der Waals surface area contributed by atoms with Crippen LogP contribution in [-0.4, -0.2) is 19.9 Å². The highest BCUT2D eigenvalue weighted by molar-refractivity contribution is 7.91. The lowest BCUT2D eigenvalue weighted by molar-refractivity contribution is 0.316. The van der Waals surface area contributed by atoms with E-state index >= 15 is 0 Å². The molecular weight excluding hydrogens is 248 g/mol. The number of aryl methyl sites for hydroxylation is 1. The minimum absolute atomic E-state index is 0.108. The number of aromatic nitrogens is 1. The van der Waals surface area contributed by atoms with E-state index in [-0.39, 0.29) is 9.08 Å². The topological polar surface area (TPSA) is 79.0 Å². The zero-order valence-corrected chi connectivity index (χ0v) is 10.6. The highest BCUT2D eigenvalue weighted by atomic mass is 32.2. The van der Waals surface area contributed by atoms with Crippen molar-refractivity contribution < 1.29 is 8.42 Å². The lowest BCUT2D eigenvalue weighted by Crippen LogP contribution is -2.32. The molecule has 1 aromatic rings. The molecule has 5 nitrogen and oxygen atoms in total. The van der Waals surface area contributed by atoms with Gasteiger partial charge in [0.2, 0.25) is 0 Å². The van der Waals surface area contributed by atoms with E-state index in [1.54, 1.807) is 6.92 Å². The van der Waals surface area contributed by atoms with Gasteiger partial charge in [0.05, 0.1) is 0 Å². The van der Waals surface area contributed by atoms with Gasteiger partial charge in [-0.1, -0.05) is 17.8 Å². The van der Waals surface area contributed by atoms with Gasteiger partial charge in [0.1, 0.15) is 0 Å². The molecule has 1 saturated carbocycles. The van der Waals surface area contributed by atoms with Crippen molar-refractivity contribution in [2.45, 2.75) is 30.4 Å². The van der Waals surface area contributed by atoms with Crippen LogP contribution in [0, 0.1) is 12.8 Å². The van der Waals surface area contributed by atoms with Crippen LogP contribution in [0.5, 0.6) is 0 Å². The van der Waals surface area contributed by atoms with Gasteiger partial charge >= 0.3 is 4.87 Å². The van der Waals surface area contributed by atoms with Crippen molar-refractivity contribution in [2.24, 2.45) is 5.92 Å². The Hall–Kier alpha value is -0.660. The molecule has 2 rings (SSSR count). The summed E-state index contributed by atoms with van der Waals surface area (Å²) in [7, 11) is -3.50. The van der Waals surface area contributed by atoms with Crippen molar-refractivity contribution in [1.29, 1.82) is 0 Å². The second kappa shape index (κ2) is 4.31. The average molecular weight is 262 g/mol. The van der Waals surface area contributed by atoms with E-state index in [1.807, 2.05) is 0 Å².